The van der Waals surface area contributed by atoms with E-state index in [0.29, 0.717) is 17.6 Å². The van der Waals surface area contributed by atoms with Crippen molar-refractivity contribution in [3.8, 4) is 28.7 Å². The van der Waals surface area contributed by atoms with Crippen molar-refractivity contribution in [2.45, 2.75) is 0 Å². The van der Waals surface area contributed by atoms with Gasteiger partial charge in [-0.25, -0.2) is 4.98 Å². The summed E-state index contributed by atoms with van der Waals surface area (Å²) in [7, 11) is 0. The highest BCUT2D eigenvalue weighted by Gasteiger charge is 2.26. The van der Waals surface area contributed by atoms with Crippen LogP contribution in [0.1, 0.15) is 0 Å². The summed E-state index contributed by atoms with van der Waals surface area (Å²) in [6.07, 6.45) is 0. The van der Waals surface area contributed by atoms with Gasteiger partial charge in [0.2, 0.25) is 5.95 Å². The van der Waals surface area contributed by atoms with E-state index < -0.39 is 0 Å². The Kier molecular flexibility index (Phi) is 4.41. The van der Waals surface area contributed by atoms with E-state index in [0.717, 1.165) is 22.2 Å². The number of nitrogens with zero attached hydrogens (tertiary/aromatic N) is 5. The summed E-state index contributed by atoms with van der Waals surface area (Å²) in [5.74, 6) is 1.92. The second kappa shape index (κ2) is 8.40. The molecule has 0 amide bonds. The lowest BCUT2D eigenvalue weighted by atomic mass is 10.0. The molecular formula is C39H21N5S. The Hall–Kier alpha value is -5.85. The van der Waals surface area contributed by atoms with Crippen molar-refractivity contribution in [1.29, 1.82) is 0 Å². The van der Waals surface area contributed by atoms with Gasteiger partial charge in [0.25, 0.3) is 0 Å². The van der Waals surface area contributed by atoms with Crippen LogP contribution in [-0.2, 0) is 0 Å². The summed E-state index contributed by atoms with van der Waals surface area (Å²) < 4.78 is 7.33. The first-order chi connectivity index (χ1) is 22.3. The molecule has 45 heavy (non-hydrogen) atoms. The summed E-state index contributed by atoms with van der Waals surface area (Å²) in [5, 5.41) is 7.69. The third kappa shape index (κ3) is 2.99. The molecule has 5 nitrogen and oxygen atoms in total. The maximum atomic E-state index is 5.16. The Morgan fingerprint density at radius 2 is 1.04 bits per heavy atom. The molecule has 0 aliphatic rings. The maximum Gasteiger partial charge on any atom is 0.238 e. The fourth-order valence-electron chi connectivity index (χ4n) is 7.48. The van der Waals surface area contributed by atoms with Gasteiger partial charge in [-0.1, -0.05) is 91.0 Å². The number of rotatable bonds is 3. The van der Waals surface area contributed by atoms with E-state index in [2.05, 4.69) is 100.0 Å². The molecule has 11 rings (SSSR count). The number of thiophene rings is 1. The van der Waals surface area contributed by atoms with Gasteiger partial charge in [0.05, 0.1) is 27.6 Å². The molecule has 0 saturated heterocycles. The zero-order chi connectivity index (χ0) is 29.2. The summed E-state index contributed by atoms with van der Waals surface area (Å²) in [6.45, 7) is 0. The van der Waals surface area contributed by atoms with Crippen molar-refractivity contribution < 1.29 is 0 Å². The molecule has 208 valence electrons. The summed E-state index contributed by atoms with van der Waals surface area (Å²) >= 11 is 1.87. The lowest BCUT2D eigenvalue weighted by molar-refractivity contribution is 0.954. The summed E-state index contributed by atoms with van der Waals surface area (Å²) in [6, 6.07) is 44.9. The van der Waals surface area contributed by atoms with Crippen LogP contribution in [0, 0.1) is 0 Å². The van der Waals surface area contributed by atoms with Gasteiger partial charge in [0, 0.05) is 52.8 Å². The maximum absolute atomic E-state index is 5.16. The fourth-order valence-corrected chi connectivity index (χ4v) is 8.60. The van der Waals surface area contributed by atoms with E-state index in [1.54, 1.807) is 0 Å². The topological polar surface area (TPSA) is 48.0 Å². The lowest BCUT2D eigenvalue weighted by Crippen LogP contribution is -2.06. The van der Waals surface area contributed by atoms with Gasteiger partial charge in [-0.3, -0.25) is 4.57 Å². The van der Waals surface area contributed by atoms with Crippen LogP contribution in [0.5, 0.6) is 0 Å². The standard InChI is InChI=1S/C39H21N5S/c1-3-10-22(11-4-1)37-40-38(23-12-5-2-6-13-23)42-39(41-37)44-28-17-9-16-27-32(28)33-29(44)19-21-30-34(33)35-31(45-30)20-18-25-24-14-7-8-15-26(24)43(27)36(25)35/h1-21H. The minimum atomic E-state index is 0.613. The first-order valence-electron chi connectivity index (χ1n) is 15.1. The third-order valence-electron chi connectivity index (χ3n) is 9.29. The van der Waals surface area contributed by atoms with Crippen LogP contribution in [0.4, 0.5) is 0 Å². The van der Waals surface area contributed by atoms with E-state index in [1.165, 1.54) is 58.3 Å². The minimum Gasteiger partial charge on any atom is -0.308 e. The molecule has 5 aromatic heterocycles. The number of aromatic nitrogens is 5. The number of hydrogen-bond donors (Lipinski definition) is 0. The Balaban J connectivity index is 1.36. The predicted molar refractivity (Wildman–Crippen MR) is 186 cm³/mol. The van der Waals surface area contributed by atoms with Crippen LogP contribution in [0.2, 0.25) is 0 Å². The molecule has 0 atom stereocenters. The quantitative estimate of drug-likeness (QED) is 0.205. The Morgan fingerprint density at radius 3 is 1.82 bits per heavy atom. The van der Waals surface area contributed by atoms with E-state index in [9.17, 15) is 0 Å². The normalized spacial score (nSPS) is 12.4. The van der Waals surface area contributed by atoms with Gasteiger partial charge in [0.15, 0.2) is 11.6 Å². The summed E-state index contributed by atoms with van der Waals surface area (Å²) in [5.41, 5.74) is 7.79. The van der Waals surface area contributed by atoms with Gasteiger partial charge in [0.1, 0.15) is 0 Å². The monoisotopic (exact) mass is 591 g/mol. The number of fused-ring (bicyclic) bond motifs is 4. The molecule has 0 radical (unpaired) electrons. The van der Waals surface area contributed by atoms with Gasteiger partial charge >= 0.3 is 0 Å². The van der Waals surface area contributed by atoms with Gasteiger partial charge < -0.3 is 4.40 Å². The van der Waals surface area contributed by atoms with Crippen LogP contribution in [0.15, 0.2) is 127 Å². The van der Waals surface area contributed by atoms with Gasteiger partial charge in [-0.2, -0.15) is 9.97 Å². The highest BCUT2D eigenvalue weighted by atomic mass is 32.1. The van der Waals surface area contributed by atoms with Crippen molar-refractivity contribution in [3.63, 3.8) is 0 Å². The average molecular weight is 592 g/mol. The van der Waals surface area contributed by atoms with Gasteiger partial charge in [-0.15, -0.1) is 11.3 Å². The van der Waals surface area contributed by atoms with Crippen molar-refractivity contribution in [3.05, 3.63) is 127 Å². The van der Waals surface area contributed by atoms with Crippen LogP contribution < -0.4 is 0 Å². The Bertz CT molecular complexity index is 2860. The molecule has 6 heteroatoms. The SMILES string of the molecule is c1ccc(-c2nc(-c3ccccc3)nc(-n3c4ccc5sc6ccc7c8ccccc8n8c9cccc3c9c4c5c6c78)n2)cc1. The van der Waals surface area contributed by atoms with Crippen molar-refractivity contribution in [2.75, 3.05) is 0 Å². The molecule has 0 N–H and O–H groups in total. The molecule has 0 bridgehead atoms. The zero-order valence-corrected chi connectivity index (χ0v) is 24.6. The smallest absolute Gasteiger partial charge is 0.238 e. The van der Waals surface area contributed by atoms with Crippen LogP contribution in [0.25, 0.3) is 98.0 Å². The molecule has 11 aromatic rings. The van der Waals surface area contributed by atoms with Crippen molar-refractivity contribution >= 4 is 80.6 Å². The highest BCUT2D eigenvalue weighted by Crippen LogP contribution is 2.49. The number of para-hydroxylation sites is 1. The van der Waals surface area contributed by atoms with Crippen LogP contribution in [0.3, 0.4) is 0 Å². The molecule has 0 fully saturated rings. The minimum absolute atomic E-state index is 0.613. The van der Waals surface area contributed by atoms with E-state index in [-0.39, 0.29) is 0 Å². The first-order valence-corrected chi connectivity index (χ1v) is 15.9. The van der Waals surface area contributed by atoms with Gasteiger partial charge in [-0.05, 0) is 36.4 Å². The third-order valence-corrected chi connectivity index (χ3v) is 10.4. The number of hydrogen-bond acceptors (Lipinski definition) is 4. The van der Waals surface area contributed by atoms with E-state index >= 15 is 0 Å². The first kappa shape index (κ1) is 23.6. The summed E-state index contributed by atoms with van der Waals surface area (Å²) in [4.78, 5) is 15.3. The predicted octanol–water partition coefficient (Wildman–Crippen LogP) is 10.1. The zero-order valence-electron chi connectivity index (χ0n) is 23.8. The highest BCUT2D eigenvalue weighted by molar-refractivity contribution is 7.26. The molecule has 0 spiro atoms. The van der Waals surface area contributed by atoms with Crippen molar-refractivity contribution in [1.82, 2.24) is 23.9 Å². The molecule has 5 heterocycles. The average Bonchev–Trinajstić information content (AvgIpc) is 3.73. The van der Waals surface area contributed by atoms with E-state index in [1.807, 2.05) is 47.7 Å². The second-order valence-electron chi connectivity index (χ2n) is 11.6. The Morgan fingerprint density at radius 1 is 0.422 bits per heavy atom. The molecular weight excluding hydrogens is 571 g/mol. The van der Waals surface area contributed by atoms with Crippen LogP contribution in [-0.4, -0.2) is 23.9 Å². The fraction of sp³-hybridized carbons (Fsp3) is 0. The number of benzene rings is 6. The lowest BCUT2D eigenvalue weighted by Gasteiger charge is -2.11. The molecule has 0 aliphatic carbocycles. The molecule has 0 unspecified atom stereocenters. The Labute approximate surface area is 259 Å². The molecule has 0 saturated carbocycles. The van der Waals surface area contributed by atoms with Crippen LogP contribution >= 0.6 is 11.3 Å². The van der Waals surface area contributed by atoms with Crippen molar-refractivity contribution in [2.24, 2.45) is 0 Å². The molecule has 6 aromatic carbocycles. The molecule has 0 aliphatic heterocycles. The van der Waals surface area contributed by atoms with E-state index in [4.69, 9.17) is 15.0 Å². The largest absolute Gasteiger partial charge is 0.308 e. The second-order valence-corrected chi connectivity index (χ2v) is 12.7.